The number of alkyl halides is 3. The molecule has 0 fully saturated rings. The van der Waals surface area contributed by atoms with Crippen LogP contribution in [0.3, 0.4) is 0 Å². The van der Waals surface area contributed by atoms with Crippen molar-refractivity contribution in [1.82, 2.24) is 5.32 Å². The van der Waals surface area contributed by atoms with Crippen molar-refractivity contribution in [2.24, 2.45) is 0 Å². The topological polar surface area (TPSA) is 49.3 Å². The molecular formula is C14H17F4NO2. The maximum absolute atomic E-state index is 13.2. The molecule has 1 atom stereocenters. The maximum Gasteiger partial charge on any atom is 0.416 e. The highest BCUT2D eigenvalue weighted by molar-refractivity contribution is 5.78. The molecule has 1 unspecified atom stereocenters. The van der Waals surface area contributed by atoms with Gasteiger partial charge in [-0.1, -0.05) is 13.3 Å². The van der Waals surface area contributed by atoms with Crippen LogP contribution in [0.25, 0.3) is 0 Å². The third-order valence-electron chi connectivity index (χ3n) is 3.19. The van der Waals surface area contributed by atoms with Gasteiger partial charge in [0.05, 0.1) is 5.56 Å². The fraction of sp³-hybridized carbons (Fsp3) is 0.500. The normalized spacial score (nSPS) is 14.8. The zero-order chi connectivity index (χ0) is 16.3. The first-order valence-electron chi connectivity index (χ1n) is 6.43. The van der Waals surface area contributed by atoms with Crippen molar-refractivity contribution in [3.63, 3.8) is 0 Å². The Kier molecular flexibility index (Phi) is 5.33. The minimum atomic E-state index is -4.64. The summed E-state index contributed by atoms with van der Waals surface area (Å²) in [6.07, 6.45) is -3.74. The first kappa shape index (κ1) is 17.4. The number of carbonyl (C=O) groups is 1. The molecule has 1 aromatic rings. The Morgan fingerprint density at radius 3 is 2.38 bits per heavy atom. The van der Waals surface area contributed by atoms with Gasteiger partial charge in [0.1, 0.15) is 11.4 Å². The molecule has 0 aromatic heterocycles. The molecule has 0 heterocycles. The van der Waals surface area contributed by atoms with Gasteiger partial charge in [0, 0.05) is 6.54 Å². The van der Waals surface area contributed by atoms with E-state index in [1.807, 2.05) is 0 Å². The van der Waals surface area contributed by atoms with Crippen molar-refractivity contribution in [2.45, 2.75) is 44.9 Å². The third-order valence-corrected chi connectivity index (χ3v) is 3.19. The molecule has 0 amide bonds. The maximum atomic E-state index is 13.2. The summed E-state index contributed by atoms with van der Waals surface area (Å²) in [5, 5.41) is 11.8. The summed E-state index contributed by atoms with van der Waals surface area (Å²) in [7, 11) is 0. The zero-order valence-corrected chi connectivity index (χ0v) is 11.7. The predicted octanol–water partition coefficient (Wildman–Crippen LogP) is 3.58. The van der Waals surface area contributed by atoms with E-state index in [1.54, 1.807) is 6.92 Å². The van der Waals surface area contributed by atoms with Gasteiger partial charge in [-0.2, -0.15) is 13.2 Å². The Balaban J connectivity index is 2.93. The molecule has 0 spiro atoms. The summed E-state index contributed by atoms with van der Waals surface area (Å²) in [6.45, 7) is 3.08. The lowest BCUT2D eigenvalue weighted by Gasteiger charge is -2.26. The van der Waals surface area contributed by atoms with Gasteiger partial charge in [-0.05, 0) is 37.1 Å². The molecule has 7 heteroatoms. The Hall–Kier alpha value is -1.63. The van der Waals surface area contributed by atoms with E-state index in [2.05, 4.69) is 5.32 Å². The fourth-order valence-corrected chi connectivity index (χ4v) is 1.98. The van der Waals surface area contributed by atoms with Crippen molar-refractivity contribution in [3.05, 3.63) is 35.1 Å². The van der Waals surface area contributed by atoms with Crippen LogP contribution in [-0.2, 0) is 17.5 Å². The molecule has 0 aliphatic carbocycles. The molecule has 1 aromatic carbocycles. The first-order valence-corrected chi connectivity index (χ1v) is 6.43. The lowest BCUT2D eigenvalue weighted by Crippen LogP contribution is -2.48. The Bertz CT molecular complexity index is 516. The second kappa shape index (κ2) is 6.43. The van der Waals surface area contributed by atoms with Gasteiger partial charge < -0.3 is 5.11 Å². The summed E-state index contributed by atoms with van der Waals surface area (Å²) in [4.78, 5) is 11.2. The van der Waals surface area contributed by atoms with Gasteiger partial charge in [0.2, 0.25) is 0 Å². The molecule has 0 saturated heterocycles. The van der Waals surface area contributed by atoms with E-state index < -0.39 is 29.1 Å². The molecule has 0 radical (unpaired) electrons. The average Bonchev–Trinajstić information content (AvgIpc) is 2.35. The Morgan fingerprint density at radius 1 is 1.29 bits per heavy atom. The molecule has 0 bridgehead atoms. The first-order chi connectivity index (χ1) is 9.58. The highest BCUT2D eigenvalue weighted by Gasteiger charge is 2.33. The van der Waals surface area contributed by atoms with Gasteiger partial charge in [-0.3, -0.25) is 10.1 Å². The molecule has 2 N–H and O–H groups in total. The van der Waals surface area contributed by atoms with E-state index in [1.165, 1.54) is 6.92 Å². The molecular weight excluding hydrogens is 290 g/mol. The van der Waals surface area contributed by atoms with Crippen LogP contribution in [0.15, 0.2) is 18.2 Å². The van der Waals surface area contributed by atoms with Crippen LogP contribution in [0.5, 0.6) is 0 Å². The van der Waals surface area contributed by atoms with E-state index in [-0.39, 0.29) is 12.1 Å². The minimum absolute atomic E-state index is 0.0471. The second-order valence-electron chi connectivity index (χ2n) is 5.09. The standard InChI is InChI=1S/C14H17F4NO2/c1-3-4-13(2,12(20)21)19-8-9-5-10(14(16,17)18)7-11(15)6-9/h5-7,19H,3-4,8H2,1-2H3,(H,20,21). The average molecular weight is 307 g/mol. The number of carboxylic acids is 1. The Labute approximate surface area is 120 Å². The van der Waals surface area contributed by atoms with Gasteiger partial charge >= 0.3 is 12.1 Å². The van der Waals surface area contributed by atoms with Crippen LogP contribution in [0.4, 0.5) is 17.6 Å². The number of hydrogen-bond donors (Lipinski definition) is 2. The summed E-state index contributed by atoms with van der Waals surface area (Å²) >= 11 is 0. The lowest BCUT2D eigenvalue weighted by atomic mass is 9.96. The highest BCUT2D eigenvalue weighted by Crippen LogP contribution is 2.30. The number of halogens is 4. The SMILES string of the molecule is CCCC(C)(NCc1cc(F)cc(C(F)(F)F)c1)C(=O)O. The van der Waals surface area contributed by atoms with Crippen molar-refractivity contribution >= 4 is 5.97 Å². The molecule has 3 nitrogen and oxygen atoms in total. The van der Waals surface area contributed by atoms with E-state index in [9.17, 15) is 22.4 Å². The summed E-state index contributed by atoms with van der Waals surface area (Å²) < 4.78 is 51.0. The van der Waals surface area contributed by atoms with E-state index >= 15 is 0 Å². The largest absolute Gasteiger partial charge is 0.480 e. The van der Waals surface area contributed by atoms with Crippen molar-refractivity contribution in [1.29, 1.82) is 0 Å². The highest BCUT2D eigenvalue weighted by atomic mass is 19.4. The molecule has 0 aliphatic rings. The predicted molar refractivity (Wildman–Crippen MR) is 69.2 cm³/mol. The third kappa shape index (κ3) is 4.70. The molecule has 0 saturated carbocycles. The molecule has 1 rings (SSSR count). The van der Waals surface area contributed by atoms with Crippen LogP contribution in [0.2, 0.25) is 0 Å². The number of nitrogens with one attached hydrogen (secondary N) is 1. The van der Waals surface area contributed by atoms with Gasteiger partial charge in [-0.15, -0.1) is 0 Å². The summed E-state index contributed by atoms with van der Waals surface area (Å²) in [6, 6.07) is 2.17. The van der Waals surface area contributed by atoms with Crippen molar-refractivity contribution < 1.29 is 27.5 Å². The molecule has 21 heavy (non-hydrogen) atoms. The van der Waals surface area contributed by atoms with Gasteiger partial charge in [0.25, 0.3) is 0 Å². The van der Waals surface area contributed by atoms with Crippen molar-refractivity contribution in [2.75, 3.05) is 0 Å². The summed E-state index contributed by atoms with van der Waals surface area (Å²) in [5.41, 5.74) is -2.31. The monoisotopic (exact) mass is 307 g/mol. The lowest BCUT2D eigenvalue weighted by molar-refractivity contribution is -0.144. The minimum Gasteiger partial charge on any atom is -0.480 e. The quantitative estimate of drug-likeness (QED) is 0.790. The number of rotatable bonds is 6. The smallest absolute Gasteiger partial charge is 0.416 e. The molecule has 118 valence electrons. The van der Waals surface area contributed by atoms with Crippen LogP contribution < -0.4 is 5.32 Å². The number of aliphatic carboxylic acids is 1. The van der Waals surface area contributed by atoms with Gasteiger partial charge in [-0.25, -0.2) is 4.39 Å². The van der Waals surface area contributed by atoms with Crippen LogP contribution in [0, 0.1) is 5.82 Å². The van der Waals surface area contributed by atoms with E-state index in [0.717, 1.165) is 12.1 Å². The van der Waals surface area contributed by atoms with E-state index in [4.69, 9.17) is 5.11 Å². The number of benzene rings is 1. The second-order valence-corrected chi connectivity index (χ2v) is 5.09. The van der Waals surface area contributed by atoms with Crippen molar-refractivity contribution in [3.8, 4) is 0 Å². The van der Waals surface area contributed by atoms with Crippen LogP contribution in [0.1, 0.15) is 37.8 Å². The Morgan fingerprint density at radius 2 is 1.90 bits per heavy atom. The fourth-order valence-electron chi connectivity index (χ4n) is 1.98. The van der Waals surface area contributed by atoms with Gasteiger partial charge in [0.15, 0.2) is 0 Å². The molecule has 0 aliphatic heterocycles. The number of carboxylic acid groups (broad SMARTS) is 1. The zero-order valence-electron chi connectivity index (χ0n) is 11.7. The summed E-state index contributed by atoms with van der Waals surface area (Å²) in [5.74, 6) is -2.11. The van der Waals surface area contributed by atoms with Crippen LogP contribution >= 0.6 is 0 Å². The number of hydrogen-bond acceptors (Lipinski definition) is 2. The van der Waals surface area contributed by atoms with Crippen LogP contribution in [-0.4, -0.2) is 16.6 Å². The van der Waals surface area contributed by atoms with E-state index in [0.29, 0.717) is 18.9 Å².